The minimum atomic E-state index is -3.59. The van der Waals surface area contributed by atoms with Crippen molar-refractivity contribution in [1.82, 2.24) is 14.7 Å². The average Bonchev–Trinajstić information content (AvgIpc) is 2.80. The van der Waals surface area contributed by atoms with E-state index >= 15 is 0 Å². The van der Waals surface area contributed by atoms with Gasteiger partial charge in [-0.15, -0.1) is 0 Å². The quantitative estimate of drug-likeness (QED) is 0.521. The lowest BCUT2D eigenvalue weighted by Crippen LogP contribution is -2.25. The van der Waals surface area contributed by atoms with Gasteiger partial charge in [0.25, 0.3) is 0 Å². The Kier molecular flexibility index (Phi) is 7.05. The van der Waals surface area contributed by atoms with Crippen molar-refractivity contribution < 1.29 is 17.5 Å². The third kappa shape index (κ3) is 5.58. The fourth-order valence-corrected chi connectivity index (χ4v) is 4.52. The van der Waals surface area contributed by atoms with Crippen molar-refractivity contribution in [2.45, 2.75) is 31.1 Å². The van der Waals surface area contributed by atoms with Crippen LogP contribution < -0.4 is 20.1 Å². The van der Waals surface area contributed by atoms with Gasteiger partial charge in [0.05, 0.1) is 11.5 Å². The first-order valence-electron chi connectivity index (χ1n) is 10.9. The van der Waals surface area contributed by atoms with Gasteiger partial charge in [-0.2, -0.15) is 4.98 Å². The van der Waals surface area contributed by atoms with Crippen molar-refractivity contribution in [1.29, 1.82) is 0 Å². The zero-order valence-corrected chi connectivity index (χ0v) is 19.1. The lowest BCUT2D eigenvalue weighted by Gasteiger charge is -2.15. The lowest BCUT2D eigenvalue weighted by molar-refractivity contribution is 0.301. The second kappa shape index (κ2) is 10.1. The van der Waals surface area contributed by atoms with Crippen LogP contribution in [0.25, 0.3) is 11.1 Å². The maximum atomic E-state index is 14.6. The van der Waals surface area contributed by atoms with E-state index in [1.807, 2.05) is 6.92 Å². The first kappa shape index (κ1) is 22.9. The first-order chi connectivity index (χ1) is 16.0. The Morgan fingerprint density at radius 3 is 2.79 bits per heavy atom. The molecular weight excluding hydrogens is 445 g/mol. The van der Waals surface area contributed by atoms with Gasteiger partial charge in [-0.05, 0) is 55.2 Å². The molecule has 33 heavy (non-hydrogen) atoms. The Labute approximate surface area is 192 Å². The second-order valence-corrected chi connectivity index (χ2v) is 9.40. The Hall–Kier alpha value is -3.24. The summed E-state index contributed by atoms with van der Waals surface area (Å²) in [7, 11) is -3.59. The largest absolute Gasteiger partial charge is 0.491 e. The smallest absolute Gasteiger partial charge is 0.240 e. The summed E-state index contributed by atoms with van der Waals surface area (Å²) in [5, 5.41) is 6.33. The first-order valence-corrected chi connectivity index (χ1v) is 12.3. The number of aromatic nitrogens is 2. The number of nitrogens with zero attached hydrogens (tertiary/aromatic N) is 2. The van der Waals surface area contributed by atoms with Crippen molar-refractivity contribution in [3.05, 3.63) is 54.5 Å². The van der Waals surface area contributed by atoms with Crippen LogP contribution >= 0.6 is 0 Å². The molecule has 0 fully saturated rings. The third-order valence-electron chi connectivity index (χ3n) is 5.08. The Bertz CT molecular complexity index is 1240. The van der Waals surface area contributed by atoms with Gasteiger partial charge in [0.15, 0.2) is 11.6 Å². The number of anilines is 3. The molecule has 4 rings (SSSR count). The summed E-state index contributed by atoms with van der Waals surface area (Å²) in [4.78, 5) is 9.11. The standard InChI is InChI=1S/C23H26FN5O3S/c1-2-12-32-21-9-8-16(13-20(21)24)19-15-26-23-28-17-6-5-7-18(14-17)33(30,31)27-11-4-3-10-25-22(19)29-23/h5-9,13-15,27H,2-4,10-12H2,1H3,(H2,25,26,28,29). The molecule has 0 unspecified atom stereocenters. The number of rotatable bonds is 4. The second-order valence-electron chi connectivity index (χ2n) is 7.63. The predicted molar refractivity (Wildman–Crippen MR) is 126 cm³/mol. The van der Waals surface area contributed by atoms with Gasteiger partial charge in [0, 0.05) is 30.5 Å². The van der Waals surface area contributed by atoms with Gasteiger partial charge in [0.2, 0.25) is 16.0 Å². The molecule has 2 aromatic carbocycles. The van der Waals surface area contributed by atoms with Gasteiger partial charge in [-0.3, -0.25) is 0 Å². The Morgan fingerprint density at radius 1 is 1.12 bits per heavy atom. The SMILES string of the molecule is CCCOc1ccc(-c2cnc3nc2NCCCCNS(=O)(=O)c2cccc(c2)N3)cc1F. The highest BCUT2D eigenvalue weighted by atomic mass is 32.2. The Balaban J connectivity index is 1.68. The highest BCUT2D eigenvalue weighted by Gasteiger charge is 2.16. The van der Waals surface area contributed by atoms with E-state index in [4.69, 9.17) is 4.74 Å². The Morgan fingerprint density at radius 2 is 1.97 bits per heavy atom. The average molecular weight is 472 g/mol. The van der Waals surface area contributed by atoms with Crippen molar-refractivity contribution in [3.8, 4) is 16.9 Å². The maximum absolute atomic E-state index is 14.6. The number of sulfonamides is 1. The normalized spacial score (nSPS) is 15.6. The summed E-state index contributed by atoms with van der Waals surface area (Å²) >= 11 is 0. The number of benzene rings is 2. The van der Waals surface area contributed by atoms with E-state index in [0.717, 1.165) is 6.42 Å². The topological polar surface area (TPSA) is 105 Å². The van der Waals surface area contributed by atoms with E-state index in [1.54, 1.807) is 36.5 Å². The number of ether oxygens (including phenoxy) is 1. The number of nitrogens with one attached hydrogen (secondary N) is 3. The summed E-state index contributed by atoms with van der Waals surface area (Å²) in [5.41, 5.74) is 1.82. The van der Waals surface area contributed by atoms with Crippen LogP contribution in [0.5, 0.6) is 5.75 Å². The molecule has 0 amide bonds. The molecule has 1 aliphatic rings. The van der Waals surface area contributed by atoms with Crippen LogP contribution in [0.2, 0.25) is 0 Å². The lowest BCUT2D eigenvalue weighted by atomic mass is 10.1. The molecule has 174 valence electrons. The van der Waals surface area contributed by atoms with Crippen molar-refractivity contribution in [2.24, 2.45) is 0 Å². The van der Waals surface area contributed by atoms with Crippen LogP contribution in [0.1, 0.15) is 26.2 Å². The molecule has 0 saturated heterocycles. The maximum Gasteiger partial charge on any atom is 0.240 e. The van der Waals surface area contributed by atoms with Crippen LogP contribution in [0, 0.1) is 5.82 Å². The fraction of sp³-hybridized carbons (Fsp3) is 0.304. The van der Waals surface area contributed by atoms with Crippen LogP contribution in [-0.2, 0) is 10.0 Å². The van der Waals surface area contributed by atoms with E-state index in [-0.39, 0.29) is 10.6 Å². The minimum Gasteiger partial charge on any atom is -0.491 e. The molecular formula is C23H26FN5O3S. The summed E-state index contributed by atoms with van der Waals surface area (Å²) in [6.45, 7) is 3.31. The van der Waals surface area contributed by atoms with Gasteiger partial charge >= 0.3 is 0 Å². The zero-order chi connectivity index (χ0) is 23.3. The van der Waals surface area contributed by atoms with E-state index in [0.29, 0.717) is 61.1 Å². The zero-order valence-electron chi connectivity index (χ0n) is 18.3. The molecule has 0 saturated carbocycles. The predicted octanol–water partition coefficient (Wildman–Crippen LogP) is 4.30. The van der Waals surface area contributed by atoms with E-state index in [1.165, 1.54) is 12.1 Å². The third-order valence-corrected chi connectivity index (χ3v) is 6.54. The van der Waals surface area contributed by atoms with E-state index in [9.17, 15) is 12.8 Å². The molecule has 3 aromatic rings. The van der Waals surface area contributed by atoms with E-state index in [2.05, 4.69) is 25.3 Å². The van der Waals surface area contributed by atoms with Crippen LogP contribution in [0.3, 0.4) is 0 Å². The summed E-state index contributed by atoms with van der Waals surface area (Å²) in [5.74, 6) is 0.624. The minimum absolute atomic E-state index is 0.167. The van der Waals surface area contributed by atoms with Crippen LogP contribution in [-0.4, -0.2) is 38.1 Å². The van der Waals surface area contributed by atoms with Gasteiger partial charge in [-0.25, -0.2) is 22.5 Å². The summed E-state index contributed by atoms with van der Waals surface area (Å²) in [6, 6.07) is 11.3. The number of fused-ring (bicyclic) bond motifs is 4. The van der Waals surface area contributed by atoms with Crippen LogP contribution in [0.4, 0.5) is 21.8 Å². The molecule has 0 radical (unpaired) electrons. The molecule has 4 bridgehead atoms. The number of hydrogen-bond acceptors (Lipinski definition) is 7. The summed E-state index contributed by atoms with van der Waals surface area (Å²) < 4.78 is 47.6. The molecule has 0 spiro atoms. The fourth-order valence-electron chi connectivity index (χ4n) is 3.40. The van der Waals surface area contributed by atoms with Crippen LogP contribution in [0.15, 0.2) is 53.6 Å². The molecule has 8 nitrogen and oxygen atoms in total. The van der Waals surface area contributed by atoms with Crippen molar-refractivity contribution in [3.63, 3.8) is 0 Å². The van der Waals surface area contributed by atoms with Gasteiger partial charge in [-0.1, -0.05) is 19.1 Å². The molecule has 1 aromatic heterocycles. The van der Waals surface area contributed by atoms with Crippen molar-refractivity contribution >= 4 is 27.5 Å². The molecule has 3 N–H and O–H groups in total. The highest BCUT2D eigenvalue weighted by Crippen LogP contribution is 2.31. The van der Waals surface area contributed by atoms with Gasteiger partial charge < -0.3 is 15.4 Å². The molecule has 2 heterocycles. The number of hydrogen-bond donors (Lipinski definition) is 3. The monoisotopic (exact) mass is 471 g/mol. The number of halogens is 1. The summed E-state index contributed by atoms with van der Waals surface area (Å²) in [6.07, 6.45) is 3.78. The molecule has 1 aliphatic heterocycles. The van der Waals surface area contributed by atoms with Crippen molar-refractivity contribution in [2.75, 3.05) is 30.3 Å². The molecule has 0 aliphatic carbocycles. The van der Waals surface area contributed by atoms with E-state index < -0.39 is 15.8 Å². The highest BCUT2D eigenvalue weighted by molar-refractivity contribution is 7.89. The molecule has 0 atom stereocenters. The molecule has 10 heteroatoms. The van der Waals surface area contributed by atoms with Gasteiger partial charge in [0.1, 0.15) is 5.82 Å².